The largest absolute Gasteiger partial charge is 0.508 e. The molecule has 6 heteroatoms. The first-order valence-corrected chi connectivity index (χ1v) is 9.38. The molecule has 0 saturated carbocycles. The highest BCUT2D eigenvalue weighted by Crippen LogP contribution is 2.19. The molecular formula is C22H26F2O4. The van der Waals surface area contributed by atoms with E-state index in [0.29, 0.717) is 5.75 Å². The summed E-state index contributed by atoms with van der Waals surface area (Å²) >= 11 is 0. The maximum atomic E-state index is 12.8. The second-order valence-electron chi connectivity index (χ2n) is 6.24. The van der Waals surface area contributed by atoms with Crippen molar-refractivity contribution in [3.63, 3.8) is 0 Å². The lowest BCUT2D eigenvalue weighted by atomic mass is 10.2. The van der Waals surface area contributed by atoms with Gasteiger partial charge in [-0.25, -0.2) is 8.78 Å². The lowest BCUT2D eigenvalue weighted by Crippen LogP contribution is -2.24. The summed E-state index contributed by atoms with van der Waals surface area (Å²) in [5, 5.41) is 8.57. The smallest absolute Gasteiger partial charge is 0.199 e. The average molecular weight is 392 g/mol. The summed E-state index contributed by atoms with van der Waals surface area (Å²) < 4.78 is 40.5. The number of ether oxygens (including phenoxy) is 3. The number of aromatic hydroxyl groups is 1. The number of hydrogen-bond acceptors (Lipinski definition) is 4. The molecule has 1 unspecified atom stereocenters. The minimum absolute atomic E-state index is 0.0370. The summed E-state index contributed by atoms with van der Waals surface area (Å²) in [5.74, 6) is -0.190. The van der Waals surface area contributed by atoms with Crippen molar-refractivity contribution < 1.29 is 28.1 Å². The van der Waals surface area contributed by atoms with E-state index in [1.807, 2.05) is 6.08 Å². The predicted octanol–water partition coefficient (Wildman–Crippen LogP) is 5.57. The minimum atomic E-state index is -0.412. The van der Waals surface area contributed by atoms with Gasteiger partial charge in [0.25, 0.3) is 0 Å². The van der Waals surface area contributed by atoms with E-state index in [9.17, 15) is 8.78 Å². The third kappa shape index (κ3) is 9.37. The summed E-state index contributed by atoms with van der Waals surface area (Å²) in [6, 6.07) is 11.3. The summed E-state index contributed by atoms with van der Waals surface area (Å²) in [5.41, 5.74) is 0. The first-order chi connectivity index (χ1) is 13.6. The highest BCUT2D eigenvalue weighted by atomic mass is 19.1. The number of hydrogen-bond donors (Lipinski definition) is 1. The second-order valence-corrected chi connectivity index (χ2v) is 6.24. The molecule has 4 nitrogen and oxygen atoms in total. The normalized spacial score (nSPS) is 17.9. The van der Waals surface area contributed by atoms with E-state index in [4.69, 9.17) is 19.3 Å². The van der Waals surface area contributed by atoms with Crippen molar-refractivity contribution in [3.05, 3.63) is 72.5 Å². The van der Waals surface area contributed by atoms with E-state index < -0.39 is 5.82 Å². The van der Waals surface area contributed by atoms with Gasteiger partial charge in [-0.1, -0.05) is 12.1 Å². The molecule has 0 bridgehead atoms. The second kappa shape index (κ2) is 12.7. The van der Waals surface area contributed by atoms with Gasteiger partial charge in [0.15, 0.2) is 6.29 Å². The third-order valence-corrected chi connectivity index (χ3v) is 3.84. The van der Waals surface area contributed by atoms with E-state index in [0.717, 1.165) is 38.5 Å². The van der Waals surface area contributed by atoms with Crippen LogP contribution in [0.5, 0.6) is 11.5 Å². The Morgan fingerprint density at radius 2 is 1.71 bits per heavy atom. The van der Waals surface area contributed by atoms with Crippen LogP contribution in [-0.2, 0) is 9.47 Å². The van der Waals surface area contributed by atoms with Gasteiger partial charge in [0.2, 0.25) is 0 Å². The average Bonchev–Trinajstić information content (AvgIpc) is 2.71. The Balaban J connectivity index is 0.000000169. The maximum Gasteiger partial charge on any atom is 0.199 e. The van der Waals surface area contributed by atoms with Crippen LogP contribution in [0.3, 0.4) is 0 Å². The van der Waals surface area contributed by atoms with Crippen LogP contribution in [0.4, 0.5) is 8.78 Å². The van der Waals surface area contributed by atoms with Crippen LogP contribution in [0.25, 0.3) is 0 Å². The minimum Gasteiger partial charge on any atom is -0.508 e. The van der Waals surface area contributed by atoms with Crippen molar-refractivity contribution >= 4 is 0 Å². The topological polar surface area (TPSA) is 47.9 Å². The van der Waals surface area contributed by atoms with E-state index in [-0.39, 0.29) is 17.9 Å². The summed E-state index contributed by atoms with van der Waals surface area (Å²) in [7, 11) is 0. The van der Waals surface area contributed by atoms with Crippen molar-refractivity contribution in [3.8, 4) is 11.5 Å². The van der Waals surface area contributed by atoms with Gasteiger partial charge in [0, 0.05) is 18.6 Å². The SMILES string of the molecule is C1=COCCC1.Fc1cccc(OC2CCCCO2)c1.Oc1cccc(F)c1. The molecule has 2 heterocycles. The van der Waals surface area contributed by atoms with Crippen LogP contribution in [0.2, 0.25) is 0 Å². The first kappa shape index (κ1) is 21.7. The molecule has 1 N–H and O–H groups in total. The van der Waals surface area contributed by atoms with Crippen LogP contribution < -0.4 is 4.74 Å². The fraction of sp³-hybridized carbons (Fsp3) is 0.364. The standard InChI is InChI=1S/C11H13FO2.C6H5FO.C5H8O/c12-9-4-3-5-10(8-9)14-11-6-1-2-7-13-11;7-5-2-1-3-6(8)4-5;1-2-4-6-5-3-1/h3-5,8,11H,1-2,6-7H2;1-4,8H;2,4H,1,3,5H2. The summed E-state index contributed by atoms with van der Waals surface area (Å²) in [6.07, 6.45) is 9.08. The number of phenols is 1. The Morgan fingerprint density at radius 1 is 0.929 bits per heavy atom. The zero-order valence-electron chi connectivity index (χ0n) is 15.7. The number of benzene rings is 2. The number of rotatable bonds is 2. The Bertz CT molecular complexity index is 690. The molecule has 0 amide bonds. The molecule has 1 fully saturated rings. The quantitative estimate of drug-likeness (QED) is 0.726. The zero-order chi connectivity index (χ0) is 20.0. The molecule has 152 valence electrons. The molecule has 0 spiro atoms. The Kier molecular flexibility index (Phi) is 9.86. The van der Waals surface area contributed by atoms with Crippen LogP contribution in [0, 0.1) is 11.6 Å². The molecule has 2 aliphatic rings. The van der Waals surface area contributed by atoms with Gasteiger partial charge in [-0.05, 0) is 56.0 Å². The van der Waals surface area contributed by atoms with Gasteiger partial charge < -0.3 is 19.3 Å². The molecule has 2 aromatic carbocycles. The predicted molar refractivity (Wildman–Crippen MR) is 103 cm³/mol. The van der Waals surface area contributed by atoms with Crippen molar-refractivity contribution in [2.24, 2.45) is 0 Å². The Morgan fingerprint density at radius 3 is 2.18 bits per heavy atom. The molecule has 0 radical (unpaired) electrons. The van der Waals surface area contributed by atoms with Crippen molar-refractivity contribution in [2.45, 2.75) is 38.4 Å². The molecule has 4 rings (SSSR count). The van der Waals surface area contributed by atoms with Gasteiger partial charge in [0.05, 0.1) is 19.5 Å². The van der Waals surface area contributed by atoms with E-state index >= 15 is 0 Å². The van der Waals surface area contributed by atoms with Gasteiger partial charge in [-0.15, -0.1) is 0 Å². The highest BCUT2D eigenvalue weighted by Gasteiger charge is 2.15. The van der Waals surface area contributed by atoms with Crippen molar-refractivity contribution in [2.75, 3.05) is 13.2 Å². The third-order valence-electron chi connectivity index (χ3n) is 3.84. The Hall–Kier alpha value is -2.60. The summed E-state index contributed by atoms with van der Waals surface area (Å²) in [4.78, 5) is 0. The molecule has 1 saturated heterocycles. The van der Waals surface area contributed by atoms with Crippen LogP contribution in [0.15, 0.2) is 60.9 Å². The van der Waals surface area contributed by atoms with Crippen LogP contribution in [0.1, 0.15) is 32.1 Å². The number of allylic oxidation sites excluding steroid dienone is 1. The van der Waals surface area contributed by atoms with Gasteiger partial charge in [0.1, 0.15) is 23.1 Å². The Labute approximate surface area is 164 Å². The van der Waals surface area contributed by atoms with Gasteiger partial charge >= 0.3 is 0 Å². The zero-order valence-corrected chi connectivity index (χ0v) is 15.7. The van der Waals surface area contributed by atoms with Gasteiger partial charge in [-0.3, -0.25) is 0 Å². The number of phenolic OH excluding ortho intramolecular Hbond substituents is 1. The lowest BCUT2D eigenvalue weighted by molar-refractivity contribution is -0.106. The maximum absolute atomic E-state index is 12.8. The first-order valence-electron chi connectivity index (χ1n) is 9.38. The van der Waals surface area contributed by atoms with Crippen LogP contribution >= 0.6 is 0 Å². The molecule has 2 aliphatic heterocycles. The fourth-order valence-electron chi connectivity index (χ4n) is 2.46. The molecule has 28 heavy (non-hydrogen) atoms. The monoisotopic (exact) mass is 392 g/mol. The molecule has 0 aliphatic carbocycles. The lowest BCUT2D eigenvalue weighted by Gasteiger charge is -2.23. The van der Waals surface area contributed by atoms with E-state index in [2.05, 4.69) is 0 Å². The van der Waals surface area contributed by atoms with E-state index in [1.165, 1.54) is 43.2 Å². The number of halogens is 2. The van der Waals surface area contributed by atoms with Crippen LogP contribution in [-0.4, -0.2) is 24.6 Å². The molecular weight excluding hydrogens is 366 g/mol. The highest BCUT2D eigenvalue weighted by molar-refractivity contribution is 5.22. The fourth-order valence-corrected chi connectivity index (χ4v) is 2.46. The van der Waals surface area contributed by atoms with E-state index in [1.54, 1.807) is 18.4 Å². The molecule has 2 aromatic rings. The molecule has 0 aromatic heterocycles. The van der Waals surface area contributed by atoms with Crippen molar-refractivity contribution in [1.82, 2.24) is 0 Å². The van der Waals surface area contributed by atoms with Gasteiger partial charge in [-0.2, -0.15) is 0 Å². The van der Waals surface area contributed by atoms with Crippen molar-refractivity contribution in [1.29, 1.82) is 0 Å². The summed E-state index contributed by atoms with van der Waals surface area (Å²) in [6.45, 7) is 1.65. The molecule has 1 atom stereocenters.